The predicted molar refractivity (Wildman–Crippen MR) is 131 cm³/mol. The Labute approximate surface area is 203 Å². The maximum Gasteiger partial charge on any atom is 0.416 e. The Morgan fingerprint density at radius 2 is 1.78 bits per heavy atom. The van der Waals surface area contributed by atoms with Crippen molar-refractivity contribution in [1.82, 2.24) is 15.5 Å². The van der Waals surface area contributed by atoms with Gasteiger partial charge in [-0.25, -0.2) is 0 Å². The Morgan fingerprint density at radius 3 is 2.38 bits per heavy atom. The highest BCUT2D eigenvalue weighted by Crippen LogP contribution is 2.28. The number of guanidine groups is 1. The molecule has 0 radical (unpaired) electrons. The SMILES string of the molecule is CN=C(NCC#Cc1ccc(C(F)(F)F)cc1)NCCc1cccc(C(=O)N(C)C)c1.I. The highest BCUT2D eigenvalue weighted by atomic mass is 127. The number of hydrogen-bond donors (Lipinski definition) is 2. The molecule has 0 fully saturated rings. The first-order valence-electron chi connectivity index (χ1n) is 9.62. The van der Waals surface area contributed by atoms with Gasteiger partial charge in [0.05, 0.1) is 12.1 Å². The zero-order valence-electron chi connectivity index (χ0n) is 18.1. The number of carbonyl (C=O) groups excluding carboxylic acids is 1. The summed E-state index contributed by atoms with van der Waals surface area (Å²) >= 11 is 0. The van der Waals surface area contributed by atoms with E-state index >= 15 is 0 Å². The molecular formula is C23H26F3IN4O. The molecule has 32 heavy (non-hydrogen) atoms. The molecule has 9 heteroatoms. The van der Waals surface area contributed by atoms with Gasteiger partial charge >= 0.3 is 6.18 Å². The molecular weight excluding hydrogens is 532 g/mol. The minimum Gasteiger partial charge on any atom is -0.356 e. The Bertz CT molecular complexity index is 977. The van der Waals surface area contributed by atoms with Gasteiger partial charge in [-0.05, 0) is 48.4 Å². The fourth-order valence-electron chi connectivity index (χ4n) is 2.68. The van der Waals surface area contributed by atoms with Gasteiger partial charge in [0.15, 0.2) is 5.96 Å². The van der Waals surface area contributed by atoms with E-state index < -0.39 is 11.7 Å². The van der Waals surface area contributed by atoms with Crippen molar-refractivity contribution in [3.63, 3.8) is 0 Å². The molecule has 0 spiro atoms. The highest BCUT2D eigenvalue weighted by Gasteiger charge is 2.29. The summed E-state index contributed by atoms with van der Waals surface area (Å²) < 4.78 is 37.7. The maximum atomic E-state index is 12.6. The van der Waals surface area contributed by atoms with Gasteiger partial charge in [0.2, 0.25) is 0 Å². The summed E-state index contributed by atoms with van der Waals surface area (Å²) in [7, 11) is 5.06. The molecule has 172 valence electrons. The molecule has 1 amide bonds. The molecule has 0 saturated carbocycles. The number of halogens is 4. The number of aliphatic imine (C=N–C) groups is 1. The van der Waals surface area contributed by atoms with E-state index in [4.69, 9.17) is 0 Å². The second-order valence-electron chi connectivity index (χ2n) is 6.88. The molecule has 5 nitrogen and oxygen atoms in total. The first kappa shape index (κ1) is 27.3. The van der Waals surface area contributed by atoms with Crippen LogP contribution in [0.3, 0.4) is 0 Å². The van der Waals surface area contributed by atoms with Crippen molar-refractivity contribution < 1.29 is 18.0 Å². The molecule has 0 bridgehead atoms. The van der Waals surface area contributed by atoms with Crippen molar-refractivity contribution in [2.45, 2.75) is 12.6 Å². The number of carbonyl (C=O) groups is 1. The molecule has 0 aliphatic rings. The number of benzene rings is 2. The summed E-state index contributed by atoms with van der Waals surface area (Å²) in [5.74, 6) is 6.18. The van der Waals surface area contributed by atoms with Gasteiger partial charge in [-0.1, -0.05) is 24.0 Å². The number of alkyl halides is 3. The second-order valence-corrected chi connectivity index (χ2v) is 6.88. The standard InChI is InChI=1S/C23H25F3N4O.HI/c1-27-22(28-14-5-7-17-9-11-20(12-10-17)23(24,25)26)29-15-13-18-6-4-8-19(16-18)21(31)30(2)3;/h4,6,8-12,16H,13-15H2,1-3H3,(H2,27,28,29);1H. The van der Waals surface area contributed by atoms with Crippen LogP contribution in [-0.4, -0.2) is 51.0 Å². The first-order chi connectivity index (χ1) is 14.7. The second kappa shape index (κ2) is 13.0. The largest absolute Gasteiger partial charge is 0.416 e. The Morgan fingerprint density at radius 1 is 1.09 bits per heavy atom. The molecule has 2 aromatic carbocycles. The summed E-state index contributed by atoms with van der Waals surface area (Å²) in [6.45, 7) is 0.888. The van der Waals surface area contributed by atoms with Crippen LogP contribution in [0.15, 0.2) is 53.5 Å². The molecule has 2 aromatic rings. The van der Waals surface area contributed by atoms with Gasteiger partial charge in [0, 0.05) is 38.8 Å². The fourth-order valence-corrected chi connectivity index (χ4v) is 2.68. The van der Waals surface area contributed by atoms with Gasteiger partial charge in [-0.2, -0.15) is 13.2 Å². The molecule has 0 aliphatic heterocycles. The van der Waals surface area contributed by atoms with Gasteiger partial charge in [-0.15, -0.1) is 24.0 Å². The van der Waals surface area contributed by atoms with E-state index in [0.717, 1.165) is 17.7 Å². The summed E-state index contributed by atoms with van der Waals surface area (Å²) in [5, 5.41) is 6.19. The summed E-state index contributed by atoms with van der Waals surface area (Å²) in [5.41, 5.74) is 1.48. The van der Waals surface area contributed by atoms with E-state index in [1.54, 1.807) is 27.2 Å². The average Bonchev–Trinajstić information content (AvgIpc) is 2.74. The lowest BCUT2D eigenvalue weighted by Crippen LogP contribution is -2.38. The molecule has 2 N–H and O–H groups in total. The van der Waals surface area contributed by atoms with E-state index in [2.05, 4.69) is 27.5 Å². The smallest absolute Gasteiger partial charge is 0.356 e. The molecule has 0 aliphatic carbocycles. The van der Waals surface area contributed by atoms with Crippen LogP contribution >= 0.6 is 24.0 Å². The van der Waals surface area contributed by atoms with Crippen LogP contribution < -0.4 is 10.6 Å². The Kier molecular flexibility index (Phi) is 11.1. The minimum atomic E-state index is -4.35. The average molecular weight is 558 g/mol. The van der Waals surface area contributed by atoms with Crippen LogP contribution in [0.1, 0.15) is 27.0 Å². The first-order valence-corrected chi connectivity index (χ1v) is 9.62. The van der Waals surface area contributed by atoms with E-state index in [-0.39, 0.29) is 36.4 Å². The number of nitrogens with one attached hydrogen (secondary N) is 2. The number of amides is 1. The normalized spacial score (nSPS) is 11.0. The lowest BCUT2D eigenvalue weighted by atomic mass is 10.1. The monoisotopic (exact) mass is 558 g/mol. The third-order valence-electron chi connectivity index (χ3n) is 4.30. The molecule has 2 rings (SSSR count). The molecule has 0 unspecified atom stereocenters. The number of rotatable bonds is 5. The van der Waals surface area contributed by atoms with Crippen molar-refractivity contribution in [2.75, 3.05) is 34.2 Å². The van der Waals surface area contributed by atoms with Crippen molar-refractivity contribution in [3.8, 4) is 11.8 Å². The number of hydrogen-bond acceptors (Lipinski definition) is 2. The van der Waals surface area contributed by atoms with Crippen molar-refractivity contribution in [1.29, 1.82) is 0 Å². The Balaban J connectivity index is 0.00000512. The van der Waals surface area contributed by atoms with E-state index in [9.17, 15) is 18.0 Å². The van der Waals surface area contributed by atoms with Gasteiger partial charge < -0.3 is 15.5 Å². The minimum absolute atomic E-state index is 0. The van der Waals surface area contributed by atoms with E-state index in [1.807, 2.05) is 18.2 Å². The van der Waals surface area contributed by atoms with Crippen LogP contribution in [0.25, 0.3) is 0 Å². The zero-order chi connectivity index (χ0) is 22.9. The third-order valence-corrected chi connectivity index (χ3v) is 4.30. The van der Waals surface area contributed by atoms with Gasteiger partial charge in [-0.3, -0.25) is 9.79 Å². The Hall–Kier alpha value is -2.74. The van der Waals surface area contributed by atoms with Crippen molar-refractivity contribution in [3.05, 3.63) is 70.8 Å². The number of nitrogens with zero attached hydrogens (tertiary/aromatic N) is 2. The van der Waals surface area contributed by atoms with Crippen LogP contribution in [0.5, 0.6) is 0 Å². The lowest BCUT2D eigenvalue weighted by Gasteiger charge is -2.12. The van der Waals surface area contributed by atoms with Crippen LogP contribution in [0, 0.1) is 11.8 Å². The lowest BCUT2D eigenvalue weighted by molar-refractivity contribution is -0.137. The predicted octanol–water partition coefficient (Wildman–Crippen LogP) is 3.78. The molecule has 0 saturated heterocycles. The van der Waals surface area contributed by atoms with Crippen LogP contribution in [0.2, 0.25) is 0 Å². The molecule has 0 heterocycles. The highest BCUT2D eigenvalue weighted by molar-refractivity contribution is 14.0. The summed E-state index contributed by atoms with van der Waals surface area (Å²) in [6.07, 6.45) is -3.65. The zero-order valence-corrected chi connectivity index (χ0v) is 20.4. The topological polar surface area (TPSA) is 56.7 Å². The molecule has 0 aromatic heterocycles. The van der Waals surface area contributed by atoms with Crippen LogP contribution in [-0.2, 0) is 12.6 Å². The van der Waals surface area contributed by atoms with Gasteiger partial charge in [0.1, 0.15) is 0 Å². The van der Waals surface area contributed by atoms with E-state index in [0.29, 0.717) is 30.1 Å². The van der Waals surface area contributed by atoms with E-state index in [1.165, 1.54) is 17.0 Å². The fraction of sp³-hybridized carbons (Fsp3) is 0.304. The maximum absolute atomic E-state index is 12.6. The molecule has 0 atom stereocenters. The summed E-state index contributed by atoms with van der Waals surface area (Å²) in [4.78, 5) is 17.7. The van der Waals surface area contributed by atoms with Crippen molar-refractivity contribution in [2.24, 2.45) is 4.99 Å². The quantitative estimate of drug-likeness (QED) is 0.254. The van der Waals surface area contributed by atoms with Crippen molar-refractivity contribution >= 4 is 35.8 Å². The summed E-state index contributed by atoms with van der Waals surface area (Å²) in [6, 6.07) is 12.2. The van der Waals surface area contributed by atoms with Gasteiger partial charge in [0.25, 0.3) is 5.91 Å². The van der Waals surface area contributed by atoms with Crippen LogP contribution in [0.4, 0.5) is 13.2 Å². The third kappa shape index (κ3) is 8.78.